The topological polar surface area (TPSA) is 109 Å². The van der Waals surface area contributed by atoms with Crippen molar-refractivity contribution in [3.05, 3.63) is 57.1 Å². The molecule has 0 aromatic carbocycles. The zero-order chi connectivity index (χ0) is 26.7. The first-order valence-electron chi connectivity index (χ1n) is 10.6. The van der Waals surface area contributed by atoms with Crippen LogP contribution in [0.15, 0.2) is 27.2 Å². The molecular formula is C22H24BBrF2N3O6S. The summed E-state index contributed by atoms with van der Waals surface area (Å²) in [5.74, 6) is -1.35. The van der Waals surface area contributed by atoms with Crippen molar-refractivity contribution in [2.24, 2.45) is 16.1 Å². The van der Waals surface area contributed by atoms with Crippen LogP contribution in [0.25, 0.3) is 0 Å². The SMILES string of the molecule is COC(=O)c1nc(Br)c(F)cc1CC1COC1.COC(=O)c1ncc(F)cc1CC1COC1.[B]=NS. The maximum absolute atomic E-state index is 13.4. The van der Waals surface area contributed by atoms with Crippen LogP contribution in [-0.4, -0.2) is 70.2 Å². The second kappa shape index (κ2) is 15.1. The number of aromatic nitrogens is 2. The van der Waals surface area contributed by atoms with Gasteiger partial charge in [-0.1, -0.05) is 0 Å². The quantitative estimate of drug-likeness (QED) is 0.238. The Hall–Kier alpha value is -2.29. The van der Waals surface area contributed by atoms with Crippen molar-refractivity contribution < 1.29 is 37.3 Å². The number of nitrogens with zero attached hydrogens (tertiary/aromatic N) is 3. The fourth-order valence-corrected chi connectivity index (χ4v) is 3.57. The van der Waals surface area contributed by atoms with Crippen LogP contribution in [-0.2, 0) is 31.8 Å². The molecule has 9 nitrogen and oxygen atoms in total. The van der Waals surface area contributed by atoms with Crippen molar-refractivity contribution in [2.75, 3.05) is 40.6 Å². The monoisotopic (exact) mass is 586 g/mol. The van der Waals surface area contributed by atoms with E-state index in [1.807, 2.05) is 0 Å². The second-order valence-electron chi connectivity index (χ2n) is 7.74. The number of carbonyl (C=O) groups is 2. The number of halogens is 3. The molecule has 2 fully saturated rings. The number of carbonyl (C=O) groups excluding carboxylic acids is 2. The van der Waals surface area contributed by atoms with Gasteiger partial charge in [-0.05, 0) is 52.0 Å². The normalized spacial score (nSPS) is 14.6. The predicted molar refractivity (Wildman–Crippen MR) is 132 cm³/mol. The Morgan fingerprint density at radius 3 is 1.97 bits per heavy atom. The van der Waals surface area contributed by atoms with Crippen LogP contribution in [0.4, 0.5) is 8.78 Å². The molecule has 0 spiro atoms. The molecule has 36 heavy (non-hydrogen) atoms. The predicted octanol–water partition coefficient (Wildman–Crippen LogP) is 3.34. The fraction of sp³-hybridized carbons (Fsp3) is 0.455. The molecule has 4 rings (SSSR count). The molecule has 2 aromatic heterocycles. The number of rotatable bonds is 6. The van der Waals surface area contributed by atoms with Crippen molar-refractivity contribution in [2.45, 2.75) is 12.8 Å². The molecule has 0 unspecified atom stereocenters. The molecule has 2 saturated heterocycles. The summed E-state index contributed by atoms with van der Waals surface area (Å²) in [4.78, 5) is 30.6. The Morgan fingerprint density at radius 1 is 1.06 bits per heavy atom. The maximum atomic E-state index is 13.4. The van der Waals surface area contributed by atoms with E-state index in [-0.39, 0.29) is 16.0 Å². The summed E-state index contributed by atoms with van der Waals surface area (Å²) in [5.41, 5.74) is 1.49. The molecule has 2 aromatic rings. The minimum atomic E-state index is -0.555. The van der Waals surface area contributed by atoms with E-state index in [1.165, 1.54) is 26.4 Å². The molecule has 2 aliphatic rings. The van der Waals surface area contributed by atoms with E-state index >= 15 is 0 Å². The third kappa shape index (κ3) is 8.68. The van der Waals surface area contributed by atoms with Gasteiger partial charge in [0.1, 0.15) is 10.4 Å². The Bertz CT molecular complexity index is 1080. The molecule has 0 N–H and O–H groups in total. The van der Waals surface area contributed by atoms with Crippen molar-refractivity contribution in [3.63, 3.8) is 0 Å². The summed E-state index contributed by atoms with van der Waals surface area (Å²) in [7, 11) is 6.89. The van der Waals surface area contributed by atoms with Crippen LogP contribution in [0.2, 0.25) is 0 Å². The van der Waals surface area contributed by atoms with Crippen LogP contribution in [0.1, 0.15) is 32.1 Å². The van der Waals surface area contributed by atoms with Gasteiger partial charge in [-0.25, -0.2) is 28.3 Å². The summed E-state index contributed by atoms with van der Waals surface area (Å²) in [5, 5.41) is 0. The van der Waals surface area contributed by atoms with Gasteiger partial charge in [0.2, 0.25) is 0 Å². The van der Waals surface area contributed by atoms with Crippen molar-refractivity contribution in [3.8, 4) is 0 Å². The zero-order valence-corrected chi connectivity index (χ0v) is 22.1. The molecule has 193 valence electrons. The Labute approximate surface area is 222 Å². The second-order valence-corrected chi connectivity index (χ2v) is 8.73. The summed E-state index contributed by atoms with van der Waals surface area (Å²) in [6.45, 7) is 2.57. The number of hydrogen-bond donors (Lipinski definition) is 1. The van der Waals surface area contributed by atoms with Gasteiger partial charge in [-0.15, -0.1) is 0 Å². The first kappa shape index (κ1) is 29.9. The van der Waals surface area contributed by atoms with Crippen molar-refractivity contribution in [1.29, 1.82) is 0 Å². The molecule has 2 aliphatic heterocycles. The fourth-order valence-electron chi connectivity index (χ4n) is 3.28. The summed E-state index contributed by atoms with van der Waals surface area (Å²) in [6, 6.07) is 2.65. The van der Waals surface area contributed by atoms with Gasteiger partial charge in [0, 0.05) is 11.8 Å². The molecule has 0 bridgehead atoms. The van der Waals surface area contributed by atoms with Crippen LogP contribution in [0, 0.1) is 23.5 Å². The first-order valence-corrected chi connectivity index (χ1v) is 11.8. The Kier molecular flexibility index (Phi) is 12.5. The van der Waals surface area contributed by atoms with E-state index in [2.05, 4.69) is 60.1 Å². The van der Waals surface area contributed by atoms with Crippen LogP contribution in [0.3, 0.4) is 0 Å². The summed E-state index contributed by atoms with van der Waals surface area (Å²) in [6.07, 6.45) is 2.18. The van der Waals surface area contributed by atoms with E-state index < -0.39 is 23.6 Å². The van der Waals surface area contributed by atoms with Gasteiger partial charge >= 0.3 is 36.7 Å². The average Bonchev–Trinajstić information content (AvgIpc) is 2.80. The van der Waals surface area contributed by atoms with Gasteiger partial charge in [0.15, 0.2) is 17.2 Å². The number of methoxy groups -OCH3 is 2. The van der Waals surface area contributed by atoms with E-state index in [9.17, 15) is 18.4 Å². The zero-order valence-electron chi connectivity index (χ0n) is 19.6. The molecular weight excluding hydrogens is 563 g/mol. The number of pyridine rings is 2. The number of ether oxygens (including phenoxy) is 4. The van der Waals surface area contributed by atoms with E-state index in [0.717, 1.165) is 6.20 Å². The van der Waals surface area contributed by atoms with E-state index in [0.29, 0.717) is 62.2 Å². The van der Waals surface area contributed by atoms with Gasteiger partial charge < -0.3 is 18.9 Å². The first-order chi connectivity index (χ1) is 17.2. The third-order valence-corrected chi connectivity index (χ3v) is 5.69. The van der Waals surface area contributed by atoms with Gasteiger partial charge in [-0.2, -0.15) is 0 Å². The Morgan fingerprint density at radius 2 is 1.53 bits per heavy atom. The number of hydrogen-bond acceptors (Lipinski definition) is 10. The third-order valence-electron chi connectivity index (χ3n) is 5.13. The molecule has 14 heteroatoms. The molecule has 0 amide bonds. The minimum absolute atomic E-state index is 0.0199. The average molecular weight is 587 g/mol. The van der Waals surface area contributed by atoms with E-state index in [1.54, 1.807) is 0 Å². The van der Waals surface area contributed by atoms with Gasteiger partial charge in [-0.3, -0.25) is 0 Å². The van der Waals surface area contributed by atoms with Crippen molar-refractivity contribution >= 4 is 48.3 Å². The van der Waals surface area contributed by atoms with Crippen LogP contribution in [0.5, 0.6) is 0 Å². The van der Waals surface area contributed by atoms with Gasteiger partial charge in [0.25, 0.3) is 0 Å². The summed E-state index contributed by atoms with van der Waals surface area (Å²) >= 11 is 6.15. The molecule has 1 radical (unpaired) electrons. The molecule has 0 saturated carbocycles. The number of esters is 2. The van der Waals surface area contributed by atoms with Crippen LogP contribution < -0.4 is 0 Å². The molecule has 0 atom stereocenters. The standard InChI is InChI=1S/C11H11BrFNO3.C11H12FNO3.BHNS/c1-16-11(15)9-7(2-6-4-17-5-6)3-8(13)10(12)14-9;1-15-11(14)10-8(2-7-5-16-6-7)3-9(12)4-13-10;1-2-3/h3,6H,2,4-5H2,1H3;3-4,7H,2,5-6H2,1H3;3H. The summed E-state index contributed by atoms with van der Waals surface area (Å²) < 4.78 is 48.5. The van der Waals surface area contributed by atoms with Crippen LogP contribution >= 0.6 is 28.7 Å². The molecule has 4 heterocycles. The number of thiol groups is 1. The van der Waals surface area contributed by atoms with E-state index in [4.69, 9.17) is 9.47 Å². The van der Waals surface area contributed by atoms with Crippen molar-refractivity contribution in [1.82, 2.24) is 9.97 Å². The Balaban J connectivity index is 0.000000229. The molecule has 0 aliphatic carbocycles. The van der Waals surface area contributed by atoms with Gasteiger partial charge in [0.05, 0.1) is 46.8 Å².